The lowest BCUT2D eigenvalue weighted by Gasteiger charge is -2.11. The molecular formula is C3H12B3N. The Morgan fingerprint density at radius 2 is 1.14 bits per heavy atom. The highest BCUT2D eigenvalue weighted by Crippen LogP contribution is 1.74. The third kappa shape index (κ3) is 2.80. The molecule has 0 radical (unpaired) electrons. The third-order valence-corrected chi connectivity index (χ3v) is 1.34. The summed E-state index contributed by atoms with van der Waals surface area (Å²) >= 11 is 0. The van der Waals surface area contributed by atoms with E-state index in [1.54, 1.807) is 0 Å². The van der Waals surface area contributed by atoms with E-state index in [4.69, 9.17) is 0 Å². The van der Waals surface area contributed by atoms with Crippen LogP contribution >= 0.6 is 0 Å². The van der Waals surface area contributed by atoms with Crippen molar-refractivity contribution in [3.05, 3.63) is 0 Å². The Morgan fingerprint density at radius 1 is 0.857 bits per heavy atom. The van der Waals surface area contributed by atoms with Crippen molar-refractivity contribution in [2.75, 3.05) is 0 Å². The second-order valence-corrected chi connectivity index (χ2v) is 1.62. The van der Waals surface area contributed by atoms with Crippen molar-refractivity contribution >= 4 is 22.2 Å². The lowest BCUT2D eigenvalue weighted by Crippen LogP contribution is -2.30. The molecule has 0 aliphatic carbocycles. The van der Waals surface area contributed by atoms with E-state index >= 15 is 0 Å². The van der Waals surface area contributed by atoms with Gasteiger partial charge in [-0.25, -0.2) is 0 Å². The van der Waals surface area contributed by atoms with Crippen molar-refractivity contribution in [2.24, 2.45) is 0 Å². The fourth-order valence-corrected chi connectivity index (χ4v) is 0.671. The van der Waals surface area contributed by atoms with Crippen molar-refractivity contribution in [1.82, 2.24) is 4.63 Å². The molecule has 0 atom stereocenters. The number of hydrogen-bond donors (Lipinski definition) is 0. The van der Waals surface area contributed by atoms with E-state index in [9.17, 15) is 0 Å². The zero-order valence-corrected chi connectivity index (χ0v) is 5.57. The van der Waals surface area contributed by atoms with E-state index < -0.39 is 0 Å². The summed E-state index contributed by atoms with van der Waals surface area (Å²) in [6.45, 7) is 6.56. The number of nitrogens with zero attached hydrogens (tertiary/aromatic N) is 1. The first-order valence-electron chi connectivity index (χ1n) is 3.07. The van der Waals surface area contributed by atoms with Crippen LogP contribution in [0.5, 0.6) is 0 Å². The van der Waals surface area contributed by atoms with Gasteiger partial charge in [0.15, 0.2) is 22.2 Å². The highest BCUT2D eigenvalue weighted by atomic mass is 14.8. The van der Waals surface area contributed by atoms with Crippen LogP contribution in [0.4, 0.5) is 0 Å². The van der Waals surface area contributed by atoms with E-state index in [2.05, 4.69) is 25.1 Å². The molecule has 0 fully saturated rings. The quantitative estimate of drug-likeness (QED) is 0.426. The molecule has 7 heavy (non-hydrogen) atoms. The van der Waals surface area contributed by atoms with Crippen LogP contribution in [-0.2, 0) is 0 Å². The molecular weight excluding hydrogens is 82.5 g/mol. The summed E-state index contributed by atoms with van der Waals surface area (Å²) in [6, 6.07) is 0. The fourth-order valence-electron chi connectivity index (χ4n) is 0.671. The summed E-state index contributed by atoms with van der Waals surface area (Å²) in [6.07, 6.45) is 0. The van der Waals surface area contributed by atoms with Crippen molar-refractivity contribution in [3.63, 3.8) is 0 Å². The smallest absolute Gasteiger partial charge is 0.177 e. The Morgan fingerprint density at radius 3 is 1.14 bits per heavy atom. The van der Waals surface area contributed by atoms with Gasteiger partial charge >= 0.3 is 0 Å². The predicted octanol–water partition coefficient (Wildman–Crippen LogP) is -0.513. The lowest BCUT2D eigenvalue weighted by molar-refractivity contribution is 1.10. The first kappa shape index (κ1) is 7.15. The molecule has 0 unspecified atom stereocenters. The Labute approximate surface area is 48.3 Å². The van der Waals surface area contributed by atoms with Gasteiger partial charge in [-0.05, 0) is 0 Å². The van der Waals surface area contributed by atoms with Crippen LogP contribution in [-0.4, -0.2) is 26.9 Å². The first-order valence-corrected chi connectivity index (χ1v) is 3.07. The van der Waals surface area contributed by atoms with Gasteiger partial charge in [0, 0.05) is 0 Å². The summed E-state index contributed by atoms with van der Waals surface area (Å²) < 4.78 is 2.38. The van der Waals surface area contributed by atoms with E-state index in [0.29, 0.717) is 0 Å². The van der Waals surface area contributed by atoms with Crippen LogP contribution < -0.4 is 0 Å². The van der Waals surface area contributed by atoms with Gasteiger partial charge in [0.1, 0.15) is 0 Å². The maximum Gasteiger partial charge on any atom is 0.177 e. The molecule has 0 aliphatic rings. The molecule has 0 amide bonds. The van der Waals surface area contributed by atoms with E-state index in [0.717, 1.165) is 0 Å². The molecule has 0 bridgehead atoms. The van der Waals surface area contributed by atoms with Gasteiger partial charge in [-0.2, -0.15) is 0 Å². The van der Waals surface area contributed by atoms with Crippen LogP contribution in [0.1, 0.15) is 0 Å². The standard InChI is InChI=1S/C3H12B3N/c1-4-7(5-2)6-3/h4-6H,1-3H3. The van der Waals surface area contributed by atoms with Gasteiger partial charge in [0.2, 0.25) is 0 Å². The Hall–Kier alpha value is 0.155. The van der Waals surface area contributed by atoms with Crippen LogP contribution in [0.2, 0.25) is 20.5 Å². The van der Waals surface area contributed by atoms with Gasteiger partial charge < -0.3 is 4.63 Å². The topological polar surface area (TPSA) is 3.24 Å². The molecule has 38 valence electrons. The van der Waals surface area contributed by atoms with Crippen molar-refractivity contribution in [3.8, 4) is 0 Å². The van der Waals surface area contributed by atoms with Gasteiger partial charge in [-0.1, -0.05) is 20.5 Å². The van der Waals surface area contributed by atoms with E-state index in [1.165, 1.54) is 22.2 Å². The minimum absolute atomic E-state index is 1.19. The monoisotopic (exact) mass is 95.1 g/mol. The summed E-state index contributed by atoms with van der Waals surface area (Å²) in [5.74, 6) is 0. The Balaban J connectivity index is 2.99. The zero-order chi connectivity index (χ0) is 5.70. The Bertz CT molecular complexity index is 31.7. The van der Waals surface area contributed by atoms with Gasteiger partial charge in [0.25, 0.3) is 0 Å². The summed E-state index contributed by atoms with van der Waals surface area (Å²) in [5, 5.41) is 0. The second-order valence-electron chi connectivity index (χ2n) is 1.62. The van der Waals surface area contributed by atoms with E-state index in [-0.39, 0.29) is 0 Å². The molecule has 0 rings (SSSR count). The minimum atomic E-state index is 1.19. The predicted molar refractivity (Wildman–Crippen MR) is 40.9 cm³/mol. The van der Waals surface area contributed by atoms with Crippen LogP contribution in [0, 0.1) is 0 Å². The molecule has 0 aromatic heterocycles. The number of rotatable bonds is 3. The second kappa shape index (κ2) is 4.32. The van der Waals surface area contributed by atoms with Crippen LogP contribution in [0.15, 0.2) is 0 Å². The van der Waals surface area contributed by atoms with Gasteiger partial charge in [-0.3, -0.25) is 0 Å². The van der Waals surface area contributed by atoms with Gasteiger partial charge in [0.05, 0.1) is 0 Å². The molecule has 0 saturated carbocycles. The summed E-state index contributed by atoms with van der Waals surface area (Å²) in [7, 11) is 3.56. The molecule has 0 spiro atoms. The molecule has 0 aromatic carbocycles. The fraction of sp³-hybridized carbons (Fsp3) is 1.00. The molecule has 0 heterocycles. The van der Waals surface area contributed by atoms with Gasteiger partial charge in [-0.15, -0.1) is 0 Å². The van der Waals surface area contributed by atoms with Crippen LogP contribution in [0.3, 0.4) is 0 Å². The first-order chi connectivity index (χ1) is 3.35. The average Bonchev–Trinajstić information content (AvgIpc) is 1.72. The maximum atomic E-state index is 2.38. The zero-order valence-electron chi connectivity index (χ0n) is 5.57. The number of hydrogen-bond acceptors (Lipinski definition) is 1. The summed E-state index contributed by atoms with van der Waals surface area (Å²) in [5.41, 5.74) is 0. The Kier molecular flexibility index (Phi) is 4.41. The highest BCUT2D eigenvalue weighted by Gasteiger charge is 1.94. The van der Waals surface area contributed by atoms with Crippen LogP contribution in [0.25, 0.3) is 0 Å². The SMILES string of the molecule is CBN(BC)BC. The third-order valence-electron chi connectivity index (χ3n) is 1.34. The maximum absolute atomic E-state index is 2.38. The molecule has 0 N–H and O–H groups in total. The minimum Gasteiger partial charge on any atom is -0.436 e. The average molecular weight is 94.6 g/mol. The largest absolute Gasteiger partial charge is 0.436 e. The highest BCUT2D eigenvalue weighted by molar-refractivity contribution is 6.64. The normalized spacial score (nSPS) is 8.57. The molecule has 1 nitrogen and oxygen atoms in total. The molecule has 0 aliphatic heterocycles. The van der Waals surface area contributed by atoms with Crippen molar-refractivity contribution in [1.29, 1.82) is 0 Å². The van der Waals surface area contributed by atoms with Crippen molar-refractivity contribution < 1.29 is 0 Å². The van der Waals surface area contributed by atoms with Crippen molar-refractivity contribution in [2.45, 2.75) is 20.5 Å². The molecule has 4 heteroatoms. The lowest BCUT2D eigenvalue weighted by atomic mass is 9.69. The van der Waals surface area contributed by atoms with E-state index in [1.807, 2.05) is 0 Å². The molecule has 0 aromatic rings. The summed E-state index contributed by atoms with van der Waals surface area (Å²) in [4.78, 5) is 0. The molecule has 0 saturated heterocycles.